The number of alkyl halides is 1. The Morgan fingerprint density at radius 1 is 1.33 bits per heavy atom. The molecule has 0 radical (unpaired) electrons. The third-order valence-corrected chi connectivity index (χ3v) is 4.80. The number of halogens is 1. The highest BCUT2D eigenvalue weighted by Crippen LogP contribution is 2.23. The predicted octanol–water partition coefficient (Wildman–Crippen LogP) is 3.61. The van der Waals surface area contributed by atoms with Crippen LogP contribution in [0.25, 0.3) is 11.0 Å². The van der Waals surface area contributed by atoms with Crippen LogP contribution in [-0.2, 0) is 13.0 Å². The fourth-order valence-corrected chi connectivity index (χ4v) is 3.52. The summed E-state index contributed by atoms with van der Waals surface area (Å²) in [5.41, 5.74) is 3.62. The van der Waals surface area contributed by atoms with Crippen LogP contribution >= 0.6 is 11.6 Å². The van der Waals surface area contributed by atoms with Crippen LogP contribution in [0.5, 0.6) is 0 Å². The third kappa shape index (κ3) is 3.09. The number of fused-ring (bicyclic) bond motifs is 1. The van der Waals surface area contributed by atoms with E-state index in [-0.39, 0.29) is 0 Å². The molecule has 1 unspecified atom stereocenters. The highest BCUT2D eigenvalue weighted by molar-refractivity contribution is 6.17. The number of likely N-dealkylation sites (N-methyl/N-ethyl adjacent to an activating group) is 1. The molecule has 3 rings (SSSR count). The molecule has 2 heterocycles. The molecule has 21 heavy (non-hydrogen) atoms. The van der Waals surface area contributed by atoms with Gasteiger partial charge in [-0.2, -0.15) is 0 Å². The van der Waals surface area contributed by atoms with Crippen LogP contribution in [0.2, 0.25) is 0 Å². The second-order valence-electron chi connectivity index (χ2n) is 6.20. The van der Waals surface area contributed by atoms with Gasteiger partial charge in [0.15, 0.2) is 0 Å². The van der Waals surface area contributed by atoms with Crippen molar-refractivity contribution in [2.24, 2.45) is 0 Å². The van der Waals surface area contributed by atoms with Crippen LogP contribution in [0.15, 0.2) is 18.2 Å². The molecule has 1 fully saturated rings. The maximum absolute atomic E-state index is 5.97. The Hall–Kier alpha value is -1.06. The number of hydrogen-bond acceptors (Lipinski definition) is 2. The number of aryl methyl sites for hydroxylation is 2. The van der Waals surface area contributed by atoms with Crippen molar-refractivity contribution in [1.29, 1.82) is 0 Å². The van der Waals surface area contributed by atoms with Crippen LogP contribution in [0.4, 0.5) is 0 Å². The maximum atomic E-state index is 5.97. The lowest BCUT2D eigenvalue weighted by atomic mass is 10.0. The van der Waals surface area contributed by atoms with E-state index in [4.69, 9.17) is 16.6 Å². The first-order valence-corrected chi connectivity index (χ1v) is 8.44. The van der Waals surface area contributed by atoms with Gasteiger partial charge < -0.3 is 9.47 Å². The molecule has 0 spiro atoms. The first-order valence-electron chi connectivity index (χ1n) is 7.91. The van der Waals surface area contributed by atoms with Crippen LogP contribution in [0, 0.1) is 6.92 Å². The van der Waals surface area contributed by atoms with Crippen molar-refractivity contribution in [1.82, 2.24) is 14.5 Å². The lowest BCUT2D eigenvalue weighted by Gasteiger charge is -2.33. The highest BCUT2D eigenvalue weighted by atomic mass is 35.5. The summed E-state index contributed by atoms with van der Waals surface area (Å²) in [6.45, 7) is 4.36. The van der Waals surface area contributed by atoms with Gasteiger partial charge in [0.2, 0.25) is 0 Å². The van der Waals surface area contributed by atoms with Crippen molar-refractivity contribution in [3.63, 3.8) is 0 Å². The maximum Gasteiger partial charge on any atom is 0.111 e. The van der Waals surface area contributed by atoms with Crippen LogP contribution in [0.1, 0.15) is 30.7 Å². The fourth-order valence-electron chi connectivity index (χ4n) is 3.35. The molecule has 1 aromatic heterocycles. The molecule has 0 saturated carbocycles. The van der Waals surface area contributed by atoms with Gasteiger partial charge in [0.05, 0.1) is 11.0 Å². The first-order chi connectivity index (χ1) is 10.2. The van der Waals surface area contributed by atoms with Crippen molar-refractivity contribution in [2.45, 2.75) is 45.2 Å². The Labute approximate surface area is 131 Å². The Bertz CT molecular complexity index is 620. The Kier molecular flexibility index (Phi) is 4.51. The molecule has 2 aromatic rings. The largest absolute Gasteiger partial charge is 0.326 e. The van der Waals surface area contributed by atoms with Crippen molar-refractivity contribution < 1.29 is 0 Å². The number of rotatable bonds is 4. The minimum Gasteiger partial charge on any atom is -0.326 e. The summed E-state index contributed by atoms with van der Waals surface area (Å²) >= 11 is 5.97. The third-order valence-electron chi connectivity index (χ3n) is 4.62. The number of benzene rings is 1. The van der Waals surface area contributed by atoms with Crippen molar-refractivity contribution in [3.05, 3.63) is 29.6 Å². The van der Waals surface area contributed by atoms with Gasteiger partial charge in [0.25, 0.3) is 0 Å². The van der Waals surface area contributed by atoms with Crippen molar-refractivity contribution in [3.8, 4) is 0 Å². The summed E-state index contributed by atoms with van der Waals surface area (Å²) in [6, 6.07) is 7.17. The van der Waals surface area contributed by atoms with Gasteiger partial charge in [-0.1, -0.05) is 12.5 Å². The van der Waals surface area contributed by atoms with Gasteiger partial charge in [0.1, 0.15) is 5.82 Å². The number of aromatic nitrogens is 2. The van der Waals surface area contributed by atoms with E-state index in [1.165, 1.54) is 36.9 Å². The van der Waals surface area contributed by atoms with E-state index in [1.54, 1.807) is 0 Å². The summed E-state index contributed by atoms with van der Waals surface area (Å²) in [5.74, 6) is 1.76. The van der Waals surface area contributed by atoms with Crippen molar-refractivity contribution >= 4 is 22.6 Å². The van der Waals surface area contributed by atoms with Crippen LogP contribution in [0.3, 0.4) is 0 Å². The molecule has 1 atom stereocenters. The standard InChI is InChI=1S/C17H24ClN3/c1-13-6-7-16-15(11-13)19-17(8-9-18)21(16)12-14-5-3-4-10-20(14)2/h6-7,11,14H,3-5,8-10,12H2,1-2H3. The molecular weight excluding hydrogens is 282 g/mol. The van der Waals surface area contributed by atoms with E-state index in [0.717, 1.165) is 24.3 Å². The van der Waals surface area contributed by atoms with Gasteiger partial charge in [0, 0.05) is 24.9 Å². The molecule has 0 N–H and O–H groups in total. The van der Waals surface area contributed by atoms with E-state index in [1.807, 2.05) is 0 Å². The summed E-state index contributed by atoms with van der Waals surface area (Å²) < 4.78 is 2.39. The summed E-state index contributed by atoms with van der Waals surface area (Å²) in [6.07, 6.45) is 4.78. The average Bonchev–Trinajstić information content (AvgIpc) is 2.79. The van der Waals surface area contributed by atoms with E-state index in [2.05, 4.69) is 41.6 Å². The number of likely N-dealkylation sites (tertiary alicyclic amines) is 1. The highest BCUT2D eigenvalue weighted by Gasteiger charge is 2.21. The SMILES string of the molecule is Cc1ccc2c(c1)nc(CCCl)n2CC1CCCCN1C. The minimum absolute atomic E-state index is 0.617. The molecule has 1 saturated heterocycles. The zero-order chi connectivity index (χ0) is 14.8. The molecule has 0 amide bonds. The number of piperidine rings is 1. The zero-order valence-electron chi connectivity index (χ0n) is 13.0. The molecule has 0 aliphatic carbocycles. The molecule has 1 aliphatic heterocycles. The lowest BCUT2D eigenvalue weighted by Crippen LogP contribution is -2.39. The molecule has 0 bridgehead atoms. The minimum atomic E-state index is 0.617. The summed E-state index contributed by atoms with van der Waals surface area (Å²) in [4.78, 5) is 7.31. The molecular formula is C17H24ClN3. The smallest absolute Gasteiger partial charge is 0.111 e. The summed E-state index contributed by atoms with van der Waals surface area (Å²) in [7, 11) is 2.24. The van der Waals surface area contributed by atoms with Gasteiger partial charge in [-0.3, -0.25) is 0 Å². The van der Waals surface area contributed by atoms with E-state index >= 15 is 0 Å². The van der Waals surface area contributed by atoms with Crippen LogP contribution in [-0.4, -0.2) is 40.0 Å². The molecule has 114 valence electrons. The normalized spacial score (nSPS) is 20.2. The monoisotopic (exact) mass is 305 g/mol. The Morgan fingerprint density at radius 3 is 2.95 bits per heavy atom. The molecule has 3 nitrogen and oxygen atoms in total. The quantitative estimate of drug-likeness (QED) is 0.805. The predicted molar refractivity (Wildman–Crippen MR) is 89.2 cm³/mol. The van der Waals surface area contributed by atoms with Gasteiger partial charge in [-0.25, -0.2) is 4.98 Å². The van der Waals surface area contributed by atoms with Gasteiger partial charge in [-0.15, -0.1) is 11.6 Å². The number of nitrogens with zero attached hydrogens (tertiary/aromatic N) is 3. The molecule has 1 aliphatic rings. The Morgan fingerprint density at radius 2 is 2.19 bits per heavy atom. The first kappa shape index (κ1) is 14.9. The second-order valence-corrected chi connectivity index (χ2v) is 6.58. The average molecular weight is 306 g/mol. The van der Waals surface area contributed by atoms with E-state index in [0.29, 0.717) is 11.9 Å². The lowest BCUT2D eigenvalue weighted by molar-refractivity contribution is 0.167. The fraction of sp³-hybridized carbons (Fsp3) is 0.588. The van der Waals surface area contributed by atoms with Crippen molar-refractivity contribution in [2.75, 3.05) is 19.5 Å². The van der Waals surface area contributed by atoms with Gasteiger partial charge >= 0.3 is 0 Å². The van der Waals surface area contributed by atoms with Crippen LogP contribution < -0.4 is 0 Å². The van der Waals surface area contributed by atoms with E-state index < -0.39 is 0 Å². The molecule has 4 heteroatoms. The van der Waals surface area contributed by atoms with E-state index in [9.17, 15) is 0 Å². The second kappa shape index (κ2) is 6.37. The Balaban J connectivity index is 1.96. The van der Waals surface area contributed by atoms with Gasteiger partial charge in [-0.05, 0) is 51.1 Å². The zero-order valence-corrected chi connectivity index (χ0v) is 13.7. The number of imidazole rings is 1. The number of hydrogen-bond donors (Lipinski definition) is 0. The topological polar surface area (TPSA) is 21.1 Å². The molecule has 1 aromatic carbocycles. The summed E-state index contributed by atoms with van der Waals surface area (Å²) in [5, 5.41) is 0.